The number of rotatable bonds is 20. The van der Waals surface area contributed by atoms with Crippen molar-refractivity contribution in [1.29, 1.82) is 0 Å². The van der Waals surface area contributed by atoms with Crippen LogP contribution in [0.3, 0.4) is 0 Å². The number of nitrogens with zero attached hydrogens (tertiary/aromatic N) is 6. The van der Waals surface area contributed by atoms with E-state index in [1.165, 1.54) is 153 Å². The van der Waals surface area contributed by atoms with Gasteiger partial charge in [-0.05, 0) is 353 Å². The van der Waals surface area contributed by atoms with Gasteiger partial charge in [0.1, 0.15) is 64.4 Å². The van der Waals surface area contributed by atoms with Crippen LogP contribution in [0.15, 0.2) is 238 Å². The first-order valence-corrected chi connectivity index (χ1v) is 52.0. The first-order valence-electron chi connectivity index (χ1n) is 42.5. The number of ether oxygens (including phenoxy) is 2. The van der Waals surface area contributed by atoms with Crippen LogP contribution in [0, 0.1) is 44.3 Å². The molecule has 0 atom stereocenters. The molecule has 3 saturated heterocycles. The molecule has 35 heteroatoms. The zero-order valence-corrected chi connectivity index (χ0v) is 78.0. The first kappa shape index (κ1) is 101. The number of benzene rings is 9. The highest BCUT2D eigenvalue weighted by atomic mass is 127. The minimum atomic E-state index is -3.87. The number of hydrogen-bond donors (Lipinski definition) is 3. The molecule has 0 aromatic heterocycles. The first-order chi connectivity index (χ1) is 60.4. The molecule has 0 bridgehead atoms. The number of aliphatic hydroxyl groups excluding tert-OH is 1. The number of piperidine rings is 3. The van der Waals surface area contributed by atoms with E-state index in [9.17, 15) is 72.8 Å². The van der Waals surface area contributed by atoms with Crippen LogP contribution < -0.4 is 33.4 Å². The molecule has 0 unspecified atom stereocenters. The Hall–Kier alpha value is -8.14. The molecule has 8 aliphatic rings. The molecule has 9 aromatic rings. The van der Waals surface area contributed by atoms with Crippen molar-refractivity contribution >= 4 is 105 Å². The summed E-state index contributed by atoms with van der Waals surface area (Å²) in [7, 11) is -9.26. The summed E-state index contributed by atoms with van der Waals surface area (Å²) in [4.78, 5) is 4.74. The standard InChI is InChI=1S/C22H27FN2O5S2.C22H27FN2O3S.C16H15F2NO2S.C10H12FN.C6H4ClFO2S.C6H4FI.C6H13NO.C4H9N/c1-31(26,27)24-14-12-21(13-15-24)30-20-8-10-22(11-9-20)32(28,29)25(18-5-3-6-18)19-7-2-4-17(23)16-19;1-24-14-12-21(13-15-24)28-20-8-10-22(11-9-20)29(26,27)25(18-5-3-6-18)19-7-2-4-17(23)16-19;17-12-7-9-16(10-8-12)22(20,21)19(14-4-2-5-14)15-6-1-3-13(18)11-15;11-8-3-1-6-10(7-8)12-9-4-2-5-9;7-11(9,10)6-3-1-5(8)2-4-6;7-5-2-1-3-6(8)4-5;1-7-4-2-6(8)3-5-7;5-4-2-1-3-4/h2,4,7-11,16,18,21H,3,5-6,12-15H2,1H3;2,4,7-11,16,18,21H,3,5-6,12-15H2,1H3;1,3,6-11,14H,2,4-5H2;1,3,6-7,9,12H,2,4-5H2;1-4H;1-4H;6,8H,2-5H2,1H3;4H,1-3,5H2. The molecular formula is C92H111ClF7IN8O13S5. The Bertz CT molecular complexity index is 5540. The number of anilines is 4. The fraction of sp³-hybridized carbons (Fsp3) is 0.413. The molecule has 0 amide bonds. The maximum Gasteiger partial charge on any atom is 0.264 e. The van der Waals surface area contributed by atoms with Gasteiger partial charge >= 0.3 is 0 Å². The van der Waals surface area contributed by atoms with Crippen LogP contribution >= 0.6 is 33.3 Å². The van der Waals surface area contributed by atoms with Gasteiger partial charge in [-0.15, -0.1) is 0 Å². The summed E-state index contributed by atoms with van der Waals surface area (Å²) < 4.78 is 233. The Morgan fingerprint density at radius 1 is 0.386 bits per heavy atom. The maximum atomic E-state index is 13.8. The Labute approximate surface area is 761 Å². The third-order valence-corrected chi connectivity index (χ3v) is 31.7. The van der Waals surface area contributed by atoms with Crippen LogP contribution in [0.25, 0.3) is 0 Å². The SMILES string of the molecule is CN1CCC(O)CC1.CN1CCC(Oc2ccc(S(=O)(=O)N(c3cccc(F)c3)C3CCC3)cc2)CC1.CS(=O)(=O)N1CCC(Oc2ccc(S(=O)(=O)N(c3cccc(F)c3)C3CCC3)cc2)CC1.Fc1cccc(I)c1.Fc1cccc(NC2CCC2)c1.NC1CCC1.O=S(=O)(Cl)c1ccc(F)cc1.O=S(=O)(c1ccc(F)cc1)N(c1cccc(F)c1)C1CCC1. The lowest BCUT2D eigenvalue weighted by Crippen LogP contribution is -2.44. The van der Waals surface area contributed by atoms with Crippen molar-refractivity contribution in [2.24, 2.45) is 5.73 Å². The van der Waals surface area contributed by atoms with E-state index in [2.05, 4.69) is 51.8 Å². The molecule has 3 aliphatic heterocycles. The summed E-state index contributed by atoms with van der Waals surface area (Å²) >= 11 is 2.07. The molecule has 5 aliphatic carbocycles. The van der Waals surface area contributed by atoms with Gasteiger partial charge in [0.2, 0.25) is 10.0 Å². The quantitative estimate of drug-likeness (QED) is 0.0364. The highest BCUT2D eigenvalue weighted by Crippen LogP contribution is 2.40. The van der Waals surface area contributed by atoms with Crippen LogP contribution in [-0.2, 0) is 49.1 Å². The summed E-state index contributed by atoms with van der Waals surface area (Å²) in [5.74, 6) is -1.53. The predicted octanol–water partition coefficient (Wildman–Crippen LogP) is 18.7. The van der Waals surface area contributed by atoms with E-state index in [1.54, 1.807) is 78.9 Å². The van der Waals surface area contributed by atoms with E-state index in [1.807, 2.05) is 12.1 Å². The van der Waals surface area contributed by atoms with Crippen molar-refractivity contribution in [1.82, 2.24) is 14.1 Å². The highest BCUT2D eigenvalue weighted by Gasteiger charge is 2.39. The monoisotopic (exact) mass is 1990 g/mol. The smallest absolute Gasteiger partial charge is 0.264 e. The Morgan fingerprint density at radius 2 is 0.693 bits per heavy atom. The predicted molar refractivity (Wildman–Crippen MR) is 492 cm³/mol. The number of aliphatic hydroxyl groups is 1. The second-order valence-corrected chi connectivity index (χ2v) is 43.7. The number of nitrogens with two attached hydrogens (primary N) is 1. The Kier molecular flexibility index (Phi) is 37.9. The molecule has 0 radical (unpaired) electrons. The zero-order chi connectivity index (χ0) is 91.6. The number of nitrogens with one attached hydrogen (secondary N) is 1. The van der Waals surface area contributed by atoms with Gasteiger partial charge in [0, 0.05) is 89.4 Å². The maximum absolute atomic E-state index is 13.8. The van der Waals surface area contributed by atoms with Gasteiger partial charge in [-0.25, -0.2) is 77.1 Å². The van der Waals surface area contributed by atoms with Gasteiger partial charge < -0.3 is 35.4 Å². The topological polar surface area (TPSA) is 267 Å². The summed E-state index contributed by atoms with van der Waals surface area (Å²) in [5.41, 5.74) is 7.28. The van der Waals surface area contributed by atoms with Crippen molar-refractivity contribution in [3.8, 4) is 11.5 Å². The molecule has 5 saturated carbocycles. The Balaban J connectivity index is 0.000000162. The van der Waals surface area contributed by atoms with Gasteiger partial charge in [0.15, 0.2) is 0 Å². The van der Waals surface area contributed by atoms with E-state index < -0.39 is 78.2 Å². The minimum absolute atomic E-state index is 0.00469. The van der Waals surface area contributed by atoms with E-state index in [4.69, 9.17) is 31.0 Å². The summed E-state index contributed by atoms with van der Waals surface area (Å²) in [6.45, 7) is 4.92. The van der Waals surface area contributed by atoms with Gasteiger partial charge in [0.05, 0.1) is 49.0 Å². The summed E-state index contributed by atoms with van der Waals surface area (Å²) in [6.07, 6.45) is 21.2. The molecule has 8 fully saturated rings. The van der Waals surface area contributed by atoms with Gasteiger partial charge in [-0.3, -0.25) is 12.9 Å². The van der Waals surface area contributed by atoms with Crippen LogP contribution in [0.5, 0.6) is 11.5 Å². The fourth-order valence-electron chi connectivity index (χ4n) is 14.3. The average molecular weight is 1990 g/mol. The van der Waals surface area contributed by atoms with Crippen LogP contribution in [0.2, 0.25) is 0 Å². The molecule has 690 valence electrons. The van der Waals surface area contributed by atoms with Gasteiger partial charge in [-0.2, -0.15) is 0 Å². The van der Waals surface area contributed by atoms with E-state index in [-0.39, 0.29) is 67.7 Å². The van der Waals surface area contributed by atoms with E-state index in [0.717, 1.165) is 155 Å². The second-order valence-electron chi connectivity index (χ2n) is 32.4. The Morgan fingerprint density at radius 3 is 0.969 bits per heavy atom. The number of hydrogen-bond acceptors (Lipinski definition) is 17. The summed E-state index contributed by atoms with van der Waals surface area (Å²) in [5, 5.41) is 12.3. The number of likely N-dealkylation sites (tertiary alicyclic amines) is 2. The van der Waals surface area contributed by atoms with Crippen LogP contribution in [0.1, 0.15) is 135 Å². The lowest BCUT2D eigenvalue weighted by Gasteiger charge is -2.38. The lowest BCUT2D eigenvalue weighted by atomic mass is 9.93. The second kappa shape index (κ2) is 47.6. The molecule has 0 spiro atoms. The third kappa shape index (κ3) is 31.0. The van der Waals surface area contributed by atoms with Crippen LogP contribution in [-0.4, -0.2) is 169 Å². The van der Waals surface area contributed by atoms with Gasteiger partial charge in [0.25, 0.3) is 39.1 Å². The third-order valence-electron chi connectivity index (χ3n) is 22.7. The fourth-order valence-corrected chi connectivity index (χ4v) is 21.5. The van der Waals surface area contributed by atoms with Crippen molar-refractivity contribution in [3.05, 3.63) is 263 Å². The van der Waals surface area contributed by atoms with Crippen LogP contribution in [0.4, 0.5) is 53.5 Å². The highest BCUT2D eigenvalue weighted by molar-refractivity contribution is 14.1. The van der Waals surface area contributed by atoms with E-state index >= 15 is 0 Å². The number of sulfonamides is 4. The van der Waals surface area contributed by atoms with Crippen molar-refractivity contribution in [3.63, 3.8) is 0 Å². The largest absolute Gasteiger partial charge is 0.490 e. The molecule has 17 rings (SSSR count). The molecule has 21 nitrogen and oxygen atoms in total. The molecular weight excluding hydrogens is 1880 g/mol. The summed E-state index contributed by atoms with van der Waals surface area (Å²) in [6, 6.07) is 52.6. The minimum Gasteiger partial charge on any atom is -0.490 e. The normalized spacial score (nSPS) is 17.6. The van der Waals surface area contributed by atoms with Gasteiger partial charge in [-0.1, -0.05) is 36.8 Å². The number of halogens is 9. The zero-order valence-electron chi connectivity index (χ0n) is 71.0. The van der Waals surface area contributed by atoms with Crippen molar-refractivity contribution in [2.75, 3.05) is 77.9 Å². The van der Waals surface area contributed by atoms with Crippen molar-refractivity contribution < 1.29 is 87.4 Å². The molecule has 127 heavy (non-hydrogen) atoms. The molecule has 4 N–H and O–H groups in total. The lowest BCUT2D eigenvalue weighted by molar-refractivity contribution is 0.0942. The van der Waals surface area contributed by atoms with E-state index in [0.29, 0.717) is 66.6 Å². The molecule has 9 aromatic carbocycles. The van der Waals surface area contributed by atoms with Crippen molar-refractivity contribution in [2.45, 2.75) is 203 Å². The average Bonchev–Trinajstić information content (AvgIpc) is 0.770. The molecule has 3 heterocycles.